The van der Waals surface area contributed by atoms with Crippen molar-refractivity contribution in [1.82, 2.24) is 9.78 Å². The lowest BCUT2D eigenvalue weighted by atomic mass is 9.81. The number of nitrogens with zero attached hydrogens (tertiary/aromatic N) is 2. The van der Waals surface area contributed by atoms with E-state index in [1.54, 1.807) is 0 Å². The molecule has 0 aliphatic heterocycles. The topological polar surface area (TPSA) is 17.8 Å². The molecule has 21 heavy (non-hydrogen) atoms. The molecular formula is C19H18N2. The zero-order valence-corrected chi connectivity index (χ0v) is 12.6. The predicted octanol–water partition coefficient (Wildman–Crippen LogP) is 4.39. The van der Waals surface area contributed by atoms with Crippen LogP contribution in [0.3, 0.4) is 0 Å². The van der Waals surface area contributed by atoms with Gasteiger partial charge in [-0.2, -0.15) is 5.10 Å². The third-order valence-electron chi connectivity index (χ3n) is 4.57. The Morgan fingerprint density at radius 2 is 1.57 bits per heavy atom. The predicted molar refractivity (Wildman–Crippen MR) is 86.2 cm³/mol. The molecule has 2 aromatic carbocycles. The van der Waals surface area contributed by atoms with E-state index in [1.165, 1.54) is 27.9 Å². The van der Waals surface area contributed by atoms with Crippen LogP contribution in [-0.4, -0.2) is 9.78 Å². The molecule has 0 saturated heterocycles. The number of benzene rings is 2. The molecule has 2 heteroatoms. The molecule has 0 fully saturated rings. The Kier molecular flexibility index (Phi) is 2.41. The first-order valence-corrected chi connectivity index (χ1v) is 7.33. The highest BCUT2D eigenvalue weighted by Crippen LogP contribution is 2.51. The van der Waals surface area contributed by atoms with Gasteiger partial charge in [0.15, 0.2) is 0 Å². The summed E-state index contributed by atoms with van der Waals surface area (Å²) in [7, 11) is 2.05. The SMILES string of the molecule is Cn1nc(-c2ccccc2)c2c1-c1ccccc1C2(C)C. The van der Waals surface area contributed by atoms with Crippen LogP contribution in [-0.2, 0) is 12.5 Å². The molecule has 0 bridgehead atoms. The van der Waals surface area contributed by atoms with Crippen molar-refractivity contribution in [3.63, 3.8) is 0 Å². The highest BCUT2D eigenvalue weighted by atomic mass is 15.3. The standard InChI is InChI=1S/C19H18N2/c1-19(2)15-12-8-7-11-14(15)18-16(19)17(20-21(18)3)13-9-5-4-6-10-13/h4-12H,1-3H3. The summed E-state index contributed by atoms with van der Waals surface area (Å²) in [5.74, 6) is 0. The van der Waals surface area contributed by atoms with E-state index in [-0.39, 0.29) is 5.41 Å². The first-order valence-electron chi connectivity index (χ1n) is 7.33. The van der Waals surface area contributed by atoms with E-state index in [0.717, 1.165) is 5.69 Å². The van der Waals surface area contributed by atoms with Crippen molar-refractivity contribution in [3.05, 3.63) is 65.7 Å². The van der Waals surface area contributed by atoms with Crippen LogP contribution >= 0.6 is 0 Å². The van der Waals surface area contributed by atoms with E-state index < -0.39 is 0 Å². The number of aryl methyl sites for hydroxylation is 1. The van der Waals surface area contributed by atoms with E-state index in [4.69, 9.17) is 5.10 Å². The number of aromatic nitrogens is 2. The van der Waals surface area contributed by atoms with Gasteiger partial charge in [0.25, 0.3) is 0 Å². The molecule has 1 heterocycles. The van der Waals surface area contributed by atoms with Gasteiger partial charge in [0.05, 0.1) is 11.4 Å². The largest absolute Gasteiger partial charge is 0.267 e. The fraction of sp³-hybridized carbons (Fsp3) is 0.211. The van der Waals surface area contributed by atoms with Crippen LogP contribution in [0.5, 0.6) is 0 Å². The van der Waals surface area contributed by atoms with Crippen molar-refractivity contribution >= 4 is 0 Å². The van der Waals surface area contributed by atoms with Gasteiger partial charge < -0.3 is 0 Å². The molecule has 0 spiro atoms. The van der Waals surface area contributed by atoms with Crippen LogP contribution in [0.4, 0.5) is 0 Å². The average Bonchev–Trinajstić information content (AvgIpc) is 2.97. The molecular weight excluding hydrogens is 256 g/mol. The molecule has 0 saturated carbocycles. The second-order valence-electron chi connectivity index (χ2n) is 6.23. The normalized spacial score (nSPS) is 14.8. The highest BCUT2D eigenvalue weighted by Gasteiger charge is 2.40. The average molecular weight is 274 g/mol. The minimum Gasteiger partial charge on any atom is -0.267 e. The van der Waals surface area contributed by atoms with Crippen molar-refractivity contribution in [3.8, 4) is 22.5 Å². The van der Waals surface area contributed by atoms with E-state index in [0.29, 0.717) is 0 Å². The van der Waals surface area contributed by atoms with Crippen LogP contribution in [0.25, 0.3) is 22.5 Å². The molecule has 1 aliphatic rings. The third-order valence-corrected chi connectivity index (χ3v) is 4.57. The molecule has 4 rings (SSSR count). The zero-order chi connectivity index (χ0) is 14.6. The Morgan fingerprint density at radius 3 is 2.33 bits per heavy atom. The van der Waals surface area contributed by atoms with Crippen LogP contribution < -0.4 is 0 Å². The maximum atomic E-state index is 4.81. The highest BCUT2D eigenvalue weighted by molar-refractivity contribution is 5.85. The molecule has 0 N–H and O–H groups in total. The Balaban J connectivity index is 2.07. The number of rotatable bonds is 1. The van der Waals surface area contributed by atoms with Gasteiger partial charge in [0.1, 0.15) is 0 Å². The van der Waals surface area contributed by atoms with E-state index in [1.807, 2.05) is 17.8 Å². The summed E-state index contributed by atoms with van der Waals surface area (Å²) < 4.78 is 2.03. The Labute approximate surface area is 125 Å². The van der Waals surface area contributed by atoms with Crippen LogP contribution in [0.1, 0.15) is 25.0 Å². The van der Waals surface area contributed by atoms with Gasteiger partial charge in [-0.3, -0.25) is 4.68 Å². The van der Waals surface area contributed by atoms with Crippen molar-refractivity contribution in [2.45, 2.75) is 19.3 Å². The van der Waals surface area contributed by atoms with Crippen LogP contribution in [0.2, 0.25) is 0 Å². The molecule has 0 amide bonds. The lowest BCUT2D eigenvalue weighted by molar-refractivity contribution is 0.662. The van der Waals surface area contributed by atoms with Crippen molar-refractivity contribution in [2.24, 2.45) is 7.05 Å². The second kappa shape index (κ2) is 4.08. The number of fused-ring (bicyclic) bond motifs is 3. The summed E-state index contributed by atoms with van der Waals surface area (Å²) in [6.07, 6.45) is 0. The van der Waals surface area contributed by atoms with Crippen LogP contribution in [0, 0.1) is 0 Å². The van der Waals surface area contributed by atoms with E-state index in [9.17, 15) is 0 Å². The van der Waals surface area contributed by atoms with Crippen molar-refractivity contribution in [2.75, 3.05) is 0 Å². The molecule has 104 valence electrons. The molecule has 1 aromatic heterocycles. The first kappa shape index (κ1) is 12.4. The zero-order valence-electron chi connectivity index (χ0n) is 12.6. The number of hydrogen-bond donors (Lipinski definition) is 0. The van der Waals surface area contributed by atoms with Gasteiger partial charge in [-0.15, -0.1) is 0 Å². The lowest BCUT2D eigenvalue weighted by Crippen LogP contribution is -2.15. The second-order valence-corrected chi connectivity index (χ2v) is 6.23. The monoisotopic (exact) mass is 274 g/mol. The van der Waals surface area contributed by atoms with Gasteiger partial charge in [0, 0.05) is 29.2 Å². The van der Waals surface area contributed by atoms with Gasteiger partial charge in [0.2, 0.25) is 0 Å². The molecule has 0 radical (unpaired) electrons. The summed E-state index contributed by atoms with van der Waals surface area (Å²) in [6.45, 7) is 4.59. The van der Waals surface area contributed by atoms with Gasteiger partial charge >= 0.3 is 0 Å². The fourth-order valence-electron chi connectivity index (χ4n) is 3.59. The first-order chi connectivity index (χ1) is 10.1. The maximum absolute atomic E-state index is 4.81. The summed E-state index contributed by atoms with van der Waals surface area (Å²) >= 11 is 0. The smallest absolute Gasteiger partial charge is 0.0970 e. The molecule has 2 nitrogen and oxygen atoms in total. The minimum absolute atomic E-state index is 0.00857. The Bertz CT molecular complexity index is 826. The Morgan fingerprint density at radius 1 is 0.905 bits per heavy atom. The fourth-order valence-corrected chi connectivity index (χ4v) is 3.59. The van der Waals surface area contributed by atoms with Gasteiger partial charge in [-0.25, -0.2) is 0 Å². The van der Waals surface area contributed by atoms with E-state index >= 15 is 0 Å². The number of hydrogen-bond acceptors (Lipinski definition) is 1. The molecule has 0 unspecified atom stereocenters. The maximum Gasteiger partial charge on any atom is 0.0970 e. The third kappa shape index (κ3) is 1.56. The summed E-state index contributed by atoms with van der Waals surface area (Å²) in [6, 6.07) is 19.2. The van der Waals surface area contributed by atoms with Gasteiger partial charge in [-0.1, -0.05) is 68.4 Å². The summed E-state index contributed by atoms with van der Waals surface area (Å²) in [5, 5.41) is 4.81. The molecule has 1 aliphatic carbocycles. The molecule has 0 atom stereocenters. The van der Waals surface area contributed by atoms with Gasteiger partial charge in [-0.05, 0) is 5.56 Å². The van der Waals surface area contributed by atoms with Crippen molar-refractivity contribution in [1.29, 1.82) is 0 Å². The summed E-state index contributed by atoms with van der Waals surface area (Å²) in [4.78, 5) is 0. The van der Waals surface area contributed by atoms with Crippen LogP contribution in [0.15, 0.2) is 54.6 Å². The minimum atomic E-state index is -0.00857. The Hall–Kier alpha value is -2.35. The van der Waals surface area contributed by atoms with Crippen molar-refractivity contribution < 1.29 is 0 Å². The van der Waals surface area contributed by atoms with E-state index in [2.05, 4.69) is 62.4 Å². The quantitative estimate of drug-likeness (QED) is 0.643. The lowest BCUT2D eigenvalue weighted by Gasteiger charge is -2.21. The molecule has 3 aromatic rings. The summed E-state index contributed by atoms with van der Waals surface area (Å²) in [5.41, 5.74) is 7.60.